The number of alkyl halides is 1. The van der Waals surface area contributed by atoms with Crippen molar-refractivity contribution in [2.45, 2.75) is 19.4 Å². The van der Waals surface area contributed by atoms with Crippen LogP contribution in [0.3, 0.4) is 0 Å². The van der Waals surface area contributed by atoms with E-state index in [0.29, 0.717) is 6.42 Å². The molecule has 1 N–H and O–H groups in total. The van der Waals surface area contributed by atoms with Crippen molar-refractivity contribution >= 4 is 0 Å². The van der Waals surface area contributed by atoms with Crippen LogP contribution in [0.25, 0.3) is 0 Å². The second kappa shape index (κ2) is 9.14. The van der Waals surface area contributed by atoms with Gasteiger partial charge in [0, 0.05) is 6.54 Å². The Bertz CT molecular complexity index is 277. The molecule has 0 bridgehead atoms. The second-order valence-corrected chi connectivity index (χ2v) is 4.37. The Morgan fingerprint density at radius 2 is 1.82 bits per heavy atom. The van der Waals surface area contributed by atoms with E-state index in [0.717, 1.165) is 32.6 Å². The van der Waals surface area contributed by atoms with Crippen molar-refractivity contribution in [3.8, 4) is 0 Å². The van der Waals surface area contributed by atoms with Crippen molar-refractivity contribution in [2.75, 3.05) is 33.4 Å². The standard InChI is InChI=1S/C14H23FN2/c1-17(12-6-11-16-10-5-9-15)13-14-7-3-2-4-8-14/h2-4,7-8,16H,5-6,9-13H2,1H3. The van der Waals surface area contributed by atoms with Gasteiger partial charge in [0.2, 0.25) is 0 Å². The van der Waals surface area contributed by atoms with Crippen molar-refractivity contribution in [3.05, 3.63) is 35.9 Å². The first kappa shape index (κ1) is 14.1. The number of nitrogens with zero attached hydrogens (tertiary/aromatic N) is 1. The lowest BCUT2D eigenvalue weighted by Gasteiger charge is -2.16. The lowest BCUT2D eigenvalue weighted by atomic mass is 10.2. The molecular weight excluding hydrogens is 215 g/mol. The molecule has 0 fully saturated rings. The first-order chi connectivity index (χ1) is 8.33. The van der Waals surface area contributed by atoms with Gasteiger partial charge in [-0.2, -0.15) is 0 Å². The SMILES string of the molecule is CN(CCCNCCCF)Cc1ccccc1. The van der Waals surface area contributed by atoms with Gasteiger partial charge >= 0.3 is 0 Å². The fourth-order valence-corrected chi connectivity index (χ4v) is 1.76. The van der Waals surface area contributed by atoms with E-state index < -0.39 is 0 Å². The molecular formula is C14H23FN2. The molecule has 2 nitrogen and oxygen atoms in total. The molecule has 3 heteroatoms. The van der Waals surface area contributed by atoms with Crippen LogP contribution in [0.2, 0.25) is 0 Å². The van der Waals surface area contributed by atoms with Crippen LogP contribution in [0, 0.1) is 0 Å². The number of hydrogen-bond donors (Lipinski definition) is 1. The van der Waals surface area contributed by atoms with Gasteiger partial charge in [-0.3, -0.25) is 4.39 Å². The van der Waals surface area contributed by atoms with E-state index in [4.69, 9.17) is 0 Å². The molecule has 0 aromatic heterocycles. The Kier molecular flexibility index (Phi) is 7.60. The molecule has 0 amide bonds. The Labute approximate surface area is 104 Å². The highest BCUT2D eigenvalue weighted by Gasteiger charge is 1.99. The average Bonchev–Trinajstić information content (AvgIpc) is 2.35. The van der Waals surface area contributed by atoms with Gasteiger partial charge < -0.3 is 10.2 Å². The normalized spacial score (nSPS) is 11.0. The summed E-state index contributed by atoms with van der Waals surface area (Å²) in [5.74, 6) is 0. The Hall–Kier alpha value is -0.930. The van der Waals surface area contributed by atoms with Crippen LogP contribution >= 0.6 is 0 Å². The molecule has 0 radical (unpaired) electrons. The second-order valence-electron chi connectivity index (χ2n) is 4.37. The Morgan fingerprint density at radius 3 is 2.53 bits per heavy atom. The van der Waals surface area contributed by atoms with Crippen molar-refractivity contribution in [2.24, 2.45) is 0 Å². The van der Waals surface area contributed by atoms with E-state index in [1.54, 1.807) is 0 Å². The summed E-state index contributed by atoms with van der Waals surface area (Å²) < 4.78 is 11.8. The maximum Gasteiger partial charge on any atom is 0.0906 e. The minimum atomic E-state index is -0.221. The summed E-state index contributed by atoms with van der Waals surface area (Å²) in [5.41, 5.74) is 1.35. The van der Waals surface area contributed by atoms with Gasteiger partial charge in [-0.1, -0.05) is 30.3 Å². The smallest absolute Gasteiger partial charge is 0.0906 e. The minimum absolute atomic E-state index is 0.221. The van der Waals surface area contributed by atoms with Gasteiger partial charge in [0.05, 0.1) is 6.67 Å². The highest BCUT2D eigenvalue weighted by atomic mass is 19.1. The molecule has 0 unspecified atom stereocenters. The molecule has 1 rings (SSSR count). The summed E-state index contributed by atoms with van der Waals surface area (Å²) in [5, 5.41) is 3.24. The summed E-state index contributed by atoms with van der Waals surface area (Å²) in [6, 6.07) is 10.5. The van der Waals surface area contributed by atoms with Crippen LogP contribution in [0.1, 0.15) is 18.4 Å². The third kappa shape index (κ3) is 7.08. The van der Waals surface area contributed by atoms with Gasteiger partial charge in [0.25, 0.3) is 0 Å². The maximum absolute atomic E-state index is 11.8. The van der Waals surface area contributed by atoms with Crippen LogP contribution in [0.5, 0.6) is 0 Å². The lowest BCUT2D eigenvalue weighted by molar-refractivity contribution is 0.319. The Morgan fingerprint density at radius 1 is 1.12 bits per heavy atom. The summed E-state index contributed by atoms with van der Waals surface area (Å²) in [6.45, 7) is 3.60. The summed E-state index contributed by atoms with van der Waals surface area (Å²) in [4.78, 5) is 2.31. The zero-order valence-electron chi connectivity index (χ0n) is 10.7. The summed E-state index contributed by atoms with van der Waals surface area (Å²) in [6.07, 6.45) is 1.73. The maximum atomic E-state index is 11.8. The summed E-state index contributed by atoms with van der Waals surface area (Å²) in [7, 11) is 2.13. The predicted molar refractivity (Wildman–Crippen MR) is 70.9 cm³/mol. The molecule has 96 valence electrons. The molecule has 0 atom stereocenters. The van der Waals surface area contributed by atoms with E-state index in [-0.39, 0.29) is 6.67 Å². The number of rotatable bonds is 9. The highest BCUT2D eigenvalue weighted by molar-refractivity contribution is 5.14. The monoisotopic (exact) mass is 238 g/mol. The predicted octanol–water partition coefficient (Wildman–Crippen LogP) is 2.46. The van der Waals surface area contributed by atoms with E-state index >= 15 is 0 Å². The van der Waals surface area contributed by atoms with Crippen LogP contribution in [0.4, 0.5) is 4.39 Å². The zero-order valence-corrected chi connectivity index (χ0v) is 10.7. The number of benzene rings is 1. The fraction of sp³-hybridized carbons (Fsp3) is 0.571. The first-order valence-corrected chi connectivity index (χ1v) is 6.32. The van der Waals surface area contributed by atoms with Crippen molar-refractivity contribution in [1.29, 1.82) is 0 Å². The molecule has 1 aromatic carbocycles. The van der Waals surface area contributed by atoms with Crippen molar-refractivity contribution in [1.82, 2.24) is 10.2 Å². The van der Waals surface area contributed by atoms with Crippen LogP contribution in [-0.2, 0) is 6.54 Å². The molecule has 0 spiro atoms. The molecule has 0 saturated carbocycles. The molecule has 17 heavy (non-hydrogen) atoms. The minimum Gasteiger partial charge on any atom is -0.317 e. The molecule has 0 aliphatic carbocycles. The van der Waals surface area contributed by atoms with Crippen molar-refractivity contribution < 1.29 is 4.39 Å². The number of nitrogens with one attached hydrogen (secondary N) is 1. The fourth-order valence-electron chi connectivity index (χ4n) is 1.76. The van der Waals surface area contributed by atoms with Crippen LogP contribution in [0.15, 0.2) is 30.3 Å². The van der Waals surface area contributed by atoms with Crippen LogP contribution < -0.4 is 5.32 Å². The van der Waals surface area contributed by atoms with Gasteiger partial charge in [-0.25, -0.2) is 0 Å². The summed E-state index contributed by atoms with van der Waals surface area (Å²) >= 11 is 0. The topological polar surface area (TPSA) is 15.3 Å². The molecule has 0 saturated heterocycles. The van der Waals surface area contributed by atoms with Gasteiger partial charge in [-0.15, -0.1) is 0 Å². The third-order valence-electron chi connectivity index (χ3n) is 2.68. The number of halogens is 1. The van der Waals surface area contributed by atoms with E-state index in [1.807, 2.05) is 6.07 Å². The third-order valence-corrected chi connectivity index (χ3v) is 2.68. The lowest BCUT2D eigenvalue weighted by Crippen LogP contribution is -2.24. The molecule has 0 heterocycles. The van der Waals surface area contributed by atoms with Gasteiger partial charge in [-0.05, 0) is 45.1 Å². The number of hydrogen-bond acceptors (Lipinski definition) is 2. The molecule has 1 aromatic rings. The van der Waals surface area contributed by atoms with Crippen molar-refractivity contribution in [3.63, 3.8) is 0 Å². The molecule has 0 aliphatic heterocycles. The zero-order chi connectivity index (χ0) is 12.3. The quantitative estimate of drug-likeness (QED) is 0.665. The van der Waals surface area contributed by atoms with E-state index in [1.165, 1.54) is 5.56 Å². The Balaban J connectivity index is 2.03. The van der Waals surface area contributed by atoms with Crippen LogP contribution in [-0.4, -0.2) is 38.3 Å². The first-order valence-electron chi connectivity index (χ1n) is 6.32. The molecule has 0 aliphatic rings. The van der Waals surface area contributed by atoms with Gasteiger partial charge in [0.1, 0.15) is 0 Å². The van der Waals surface area contributed by atoms with E-state index in [2.05, 4.69) is 41.5 Å². The average molecular weight is 238 g/mol. The largest absolute Gasteiger partial charge is 0.317 e. The van der Waals surface area contributed by atoms with Gasteiger partial charge in [0.15, 0.2) is 0 Å². The van der Waals surface area contributed by atoms with E-state index in [9.17, 15) is 4.39 Å². The highest BCUT2D eigenvalue weighted by Crippen LogP contribution is 2.02.